The standard InChI is InChI=1S/C63H112O6/c1-4-7-10-13-15-17-19-21-23-25-26-27-28-29-30-31-32-33-34-35-36-38-39-41-43-45-47-50-53-56-62(65)68-59-60(58-67-61(64)55-52-49-12-9-6-3)69-63(66)57-54-51-48-46-44-42-40-37-24-22-20-18-16-14-11-8-5-2/h7,10,15,17,21-24,26-27,60H,4-6,8-9,11-14,16,18-20,25,28-59H2,1-3H3/b10-7-,17-15-,23-21-,24-22-,27-26-. The van der Waals surface area contributed by atoms with Crippen LogP contribution in [-0.2, 0) is 28.6 Å². The SMILES string of the molecule is CC/C=C\C/C=C\C/C=C\C/C=C\CCCCCCCCCCCCCCCCCCC(=O)OCC(COC(=O)CCCCCCC)OC(=O)CCCCCCCCC/C=C\CCCCCCCC. The summed E-state index contributed by atoms with van der Waals surface area (Å²) in [6.07, 6.45) is 72.7. The van der Waals surface area contributed by atoms with Crippen molar-refractivity contribution in [1.82, 2.24) is 0 Å². The Morgan fingerprint density at radius 3 is 0.899 bits per heavy atom. The van der Waals surface area contributed by atoms with Gasteiger partial charge in [-0.3, -0.25) is 14.4 Å². The summed E-state index contributed by atoms with van der Waals surface area (Å²) < 4.78 is 16.7. The second kappa shape index (κ2) is 57.7. The largest absolute Gasteiger partial charge is 0.462 e. The molecule has 0 aliphatic heterocycles. The van der Waals surface area contributed by atoms with Gasteiger partial charge in [-0.1, -0.05) is 261 Å². The van der Waals surface area contributed by atoms with Crippen LogP contribution in [0, 0.1) is 0 Å². The number of ether oxygens (including phenoxy) is 3. The molecule has 0 saturated carbocycles. The van der Waals surface area contributed by atoms with Crippen LogP contribution in [0.15, 0.2) is 60.8 Å². The van der Waals surface area contributed by atoms with Crippen molar-refractivity contribution >= 4 is 17.9 Å². The van der Waals surface area contributed by atoms with Crippen LogP contribution in [0.4, 0.5) is 0 Å². The van der Waals surface area contributed by atoms with Crippen molar-refractivity contribution < 1.29 is 28.6 Å². The molecule has 0 aromatic carbocycles. The van der Waals surface area contributed by atoms with Crippen molar-refractivity contribution in [2.45, 2.75) is 309 Å². The summed E-state index contributed by atoms with van der Waals surface area (Å²) in [6, 6.07) is 0. The van der Waals surface area contributed by atoms with Crippen molar-refractivity contribution in [3.8, 4) is 0 Å². The van der Waals surface area contributed by atoms with Crippen LogP contribution in [0.1, 0.15) is 303 Å². The second-order valence-corrected chi connectivity index (χ2v) is 19.9. The van der Waals surface area contributed by atoms with E-state index < -0.39 is 6.10 Å². The van der Waals surface area contributed by atoms with Crippen molar-refractivity contribution in [1.29, 1.82) is 0 Å². The van der Waals surface area contributed by atoms with E-state index in [0.29, 0.717) is 19.3 Å². The molecule has 0 aliphatic carbocycles. The van der Waals surface area contributed by atoms with Crippen molar-refractivity contribution in [2.24, 2.45) is 0 Å². The molecule has 0 rings (SSSR count). The highest BCUT2D eigenvalue weighted by molar-refractivity contribution is 5.71. The first kappa shape index (κ1) is 66.1. The van der Waals surface area contributed by atoms with Gasteiger partial charge in [-0.05, 0) is 83.5 Å². The van der Waals surface area contributed by atoms with Gasteiger partial charge in [-0.2, -0.15) is 0 Å². The second-order valence-electron chi connectivity index (χ2n) is 19.9. The summed E-state index contributed by atoms with van der Waals surface area (Å²) in [5.41, 5.74) is 0. The molecule has 0 fully saturated rings. The van der Waals surface area contributed by atoms with E-state index in [-0.39, 0.29) is 31.1 Å². The van der Waals surface area contributed by atoms with E-state index in [2.05, 4.69) is 81.5 Å². The molecule has 0 aromatic rings. The fraction of sp³-hybridized carbons (Fsp3) is 0.794. The third-order valence-corrected chi connectivity index (χ3v) is 13.0. The van der Waals surface area contributed by atoms with Gasteiger partial charge in [-0.15, -0.1) is 0 Å². The molecule has 6 nitrogen and oxygen atoms in total. The van der Waals surface area contributed by atoms with Gasteiger partial charge >= 0.3 is 17.9 Å². The lowest BCUT2D eigenvalue weighted by Crippen LogP contribution is -2.30. The maximum absolute atomic E-state index is 12.8. The van der Waals surface area contributed by atoms with Gasteiger partial charge in [0, 0.05) is 19.3 Å². The van der Waals surface area contributed by atoms with Gasteiger partial charge in [-0.25, -0.2) is 0 Å². The number of hydrogen-bond acceptors (Lipinski definition) is 6. The van der Waals surface area contributed by atoms with Gasteiger partial charge in [0.15, 0.2) is 6.10 Å². The summed E-state index contributed by atoms with van der Waals surface area (Å²) in [5.74, 6) is -0.880. The first-order chi connectivity index (χ1) is 34.0. The van der Waals surface area contributed by atoms with Gasteiger partial charge < -0.3 is 14.2 Å². The predicted octanol–water partition coefficient (Wildman–Crippen LogP) is 20.0. The Bertz CT molecular complexity index is 1250. The van der Waals surface area contributed by atoms with Crippen molar-refractivity contribution in [3.63, 3.8) is 0 Å². The molecule has 6 heteroatoms. The summed E-state index contributed by atoms with van der Waals surface area (Å²) in [6.45, 7) is 6.46. The molecule has 0 N–H and O–H groups in total. The Balaban J connectivity index is 3.99. The summed E-state index contributed by atoms with van der Waals surface area (Å²) in [5, 5.41) is 0. The monoisotopic (exact) mass is 965 g/mol. The summed E-state index contributed by atoms with van der Waals surface area (Å²) in [7, 11) is 0. The van der Waals surface area contributed by atoms with E-state index in [1.54, 1.807) is 0 Å². The minimum atomic E-state index is -0.770. The van der Waals surface area contributed by atoms with E-state index >= 15 is 0 Å². The molecule has 0 aromatic heterocycles. The number of carbonyl (C=O) groups excluding carboxylic acids is 3. The highest BCUT2D eigenvalue weighted by Crippen LogP contribution is 2.16. The topological polar surface area (TPSA) is 78.9 Å². The van der Waals surface area contributed by atoms with Crippen LogP contribution in [0.5, 0.6) is 0 Å². The van der Waals surface area contributed by atoms with Crippen LogP contribution in [0.25, 0.3) is 0 Å². The molecule has 0 aliphatic rings. The summed E-state index contributed by atoms with van der Waals surface area (Å²) in [4.78, 5) is 37.8. The molecule has 1 atom stereocenters. The number of carbonyl (C=O) groups is 3. The zero-order valence-corrected chi connectivity index (χ0v) is 45.8. The van der Waals surface area contributed by atoms with Crippen LogP contribution < -0.4 is 0 Å². The molecule has 0 saturated heterocycles. The maximum atomic E-state index is 12.8. The Morgan fingerprint density at radius 1 is 0.304 bits per heavy atom. The molecule has 0 bridgehead atoms. The van der Waals surface area contributed by atoms with E-state index in [4.69, 9.17) is 14.2 Å². The zero-order valence-electron chi connectivity index (χ0n) is 45.8. The lowest BCUT2D eigenvalue weighted by molar-refractivity contribution is -0.167. The van der Waals surface area contributed by atoms with E-state index in [1.807, 2.05) is 0 Å². The Kier molecular flexibility index (Phi) is 55.3. The smallest absolute Gasteiger partial charge is 0.306 e. The number of hydrogen-bond donors (Lipinski definition) is 0. The third-order valence-electron chi connectivity index (χ3n) is 13.0. The van der Waals surface area contributed by atoms with Crippen molar-refractivity contribution in [3.05, 3.63) is 60.8 Å². The van der Waals surface area contributed by atoms with E-state index in [9.17, 15) is 14.4 Å². The molecular formula is C63H112O6. The van der Waals surface area contributed by atoms with Gasteiger partial charge in [0.1, 0.15) is 13.2 Å². The summed E-state index contributed by atoms with van der Waals surface area (Å²) >= 11 is 0. The molecular weight excluding hydrogens is 853 g/mol. The predicted molar refractivity (Wildman–Crippen MR) is 298 cm³/mol. The Labute approximate surface area is 428 Å². The van der Waals surface area contributed by atoms with E-state index in [0.717, 1.165) is 89.9 Å². The lowest BCUT2D eigenvalue weighted by atomic mass is 10.0. The van der Waals surface area contributed by atoms with Crippen LogP contribution in [-0.4, -0.2) is 37.2 Å². The van der Waals surface area contributed by atoms with Crippen LogP contribution in [0.3, 0.4) is 0 Å². The molecule has 0 heterocycles. The molecule has 0 radical (unpaired) electrons. The van der Waals surface area contributed by atoms with Crippen LogP contribution >= 0.6 is 0 Å². The number of rotatable bonds is 54. The maximum Gasteiger partial charge on any atom is 0.306 e. The van der Waals surface area contributed by atoms with Gasteiger partial charge in [0.25, 0.3) is 0 Å². The lowest BCUT2D eigenvalue weighted by Gasteiger charge is -2.18. The molecule has 1 unspecified atom stereocenters. The third kappa shape index (κ3) is 55.9. The molecule has 0 spiro atoms. The van der Waals surface area contributed by atoms with Gasteiger partial charge in [0.05, 0.1) is 0 Å². The molecule has 69 heavy (non-hydrogen) atoms. The Hall–Kier alpha value is -2.89. The fourth-order valence-electron chi connectivity index (χ4n) is 8.55. The van der Waals surface area contributed by atoms with Crippen LogP contribution in [0.2, 0.25) is 0 Å². The Morgan fingerprint density at radius 2 is 0.565 bits per heavy atom. The first-order valence-corrected chi connectivity index (χ1v) is 29.8. The van der Waals surface area contributed by atoms with Gasteiger partial charge in [0.2, 0.25) is 0 Å². The number of esters is 3. The number of unbranched alkanes of at least 4 members (excludes halogenated alkanes) is 33. The van der Waals surface area contributed by atoms with E-state index in [1.165, 1.54) is 173 Å². The minimum absolute atomic E-state index is 0.0731. The molecule has 0 amide bonds. The van der Waals surface area contributed by atoms with Crippen molar-refractivity contribution in [2.75, 3.05) is 13.2 Å². The average Bonchev–Trinajstić information content (AvgIpc) is 3.35. The highest BCUT2D eigenvalue weighted by atomic mass is 16.6. The first-order valence-electron chi connectivity index (χ1n) is 29.8. The quantitative estimate of drug-likeness (QED) is 0.0262. The highest BCUT2D eigenvalue weighted by Gasteiger charge is 2.19. The number of allylic oxidation sites excluding steroid dienone is 10. The zero-order chi connectivity index (χ0) is 50.0. The average molecular weight is 966 g/mol. The normalized spacial score (nSPS) is 12.4. The molecule has 400 valence electrons. The fourth-order valence-corrected chi connectivity index (χ4v) is 8.55. The minimum Gasteiger partial charge on any atom is -0.462 e.